The number of aliphatic hydroxyl groups excluding tert-OH is 1. The van der Waals surface area contributed by atoms with E-state index in [4.69, 9.17) is 16.0 Å². The molecule has 6 N–H and O–H groups in total. The zero-order valence-corrected chi connectivity index (χ0v) is 16.0. The van der Waals surface area contributed by atoms with Crippen LogP contribution in [0.2, 0.25) is 0 Å². The van der Waals surface area contributed by atoms with Crippen LogP contribution in [0.15, 0.2) is 24.3 Å². The highest BCUT2D eigenvalue weighted by molar-refractivity contribution is 5.97. The standard InChI is InChI=1S/C21H25N3O4/c1-21(2,22)18(20(27)24-28)23-19(26)17-9-7-14(8-10-17)5-3-4-6-15-11-16(12-15)13-25/h7-10,15-16,18,25,28H,11-13,22H2,1-2H3,(H,23,26)(H,24,27)/t15-,16-,18-/m1/s1. The highest BCUT2D eigenvalue weighted by Crippen LogP contribution is 2.32. The van der Waals surface area contributed by atoms with E-state index in [1.54, 1.807) is 38.1 Å². The summed E-state index contributed by atoms with van der Waals surface area (Å²) in [5.41, 5.74) is 7.38. The SMILES string of the molecule is CC(C)(N)[C@H](NC(=O)c1ccc(C#CC#C[C@H]2C[C@H](CO)C2)cc1)C(=O)NO. The van der Waals surface area contributed by atoms with Crippen molar-refractivity contribution in [2.75, 3.05) is 6.61 Å². The van der Waals surface area contributed by atoms with Crippen LogP contribution >= 0.6 is 0 Å². The summed E-state index contributed by atoms with van der Waals surface area (Å²) in [5.74, 6) is 11.0. The van der Waals surface area contributed by atoms with Crippen LogP contribution in [0.3, 0.4) is 0 Å². The molecule has 0 radical (unpaired) electrons. The summed E-state index contributed by atoms with van der Waals surface area (Å²) in [4.78, 5) is 24.1. The van der Waals surface area contributed by atoms with Crippen molar-refractivity contribution in [3.8, 4) is 23.7 Å². The zero-order valence-electron chi connectivity index (χ0n) is 16.0. The molecule has 0 spiro atoms. The molecule has 1 aliphatic carbocycles. The van der Waals surface area contributed by atoms with E-state index in [0.717, 1.165) is 12.8 Å². The lowest BCUT2D eigenvalue weighted by Gasteiger charge is -2.29. The van der Waals surface area contributed by atoms with Gasteiger partial charge in [-0.2, -0.15) is 0 Å². The summed E-state index contributed by atoms with van der Waals surface area (Å²) in [5, 5.41) is 20.3. The van der Waals surface area contributed by atoms with Gasteiger partial charge in [0.1, 0.15) is 6.04 Å². The molecule has 0 bridgehead atoms. The van der Waals surface area contributed by atoms with E-state index < -0.39 is 23.4 Å². The number of hydroxylamine groups is 1. The summed E-state index contributed by atoms with van der Waals surface area (Å²) in [6.07, 6.45) is 1.84. The molecule has 0 aromatic heterocycles. The number of carbonyl (C=O) groups excluding carboxylic acids is 2. The van der Waals surface area contributed by atoms with Gasteiger partial charge in [0.15, 0.2) is 0 Å². The molecule has 1 fully saturated rings. The van der Waals surface area contributed by atoms with Gasteiger partial charge >= 0.3 is 0 Å². The Hall–Kier alpha value is -2.84. The molecule has 1 aliphatic rings. The minimum Gasteiger partial charge on any atom is -0.396 e. The van der Waals surface area contributed by atoms with Crippen LogP contribution in [0.5, 0.6) is 0 Å². The maximum Gasteiger partial charge on any atom is 0.267 e. The molecule has 1 saturated carbocycles. The lowest BCUT2D eigenvalue weighted by atomic mass is 9.76. The number of amides is 2. The number of hydrogen-bond donors (Lipinski definition) is 5. The summed E-state index contributed by atoms with van der Waals surface area (Å²) in [6.45, 7) is 3.36. The van der Waals surface area contributed by atoms with Crippen LogP contribution in [0, 0.1) is 35.5 Å². The number of carbonyl (C=O) groups is 2. The van der Waals surface area contributed by atoms with Gasteiger partial charge in [-0.3, -0.25) is 14.8 Å². The molecule has 0 unspecified atom stereocenters. The molecule has 7 nitrogen and oxygen atoms in total. The molecule has 28 heavy (non-hydrogen) atoms. The second kappa shape index (κ2) is 9.38. The quantitative estimate of drug-likeness (QED) is 0.286. The zero-order chi connectivity index (χ0) is 20.7. The Morgan fingerprint density at radius 1 is 1.25 bits per heavy atom. The summed E-state index contributed by atoms with van der Waals surface area (Å²) in [6, 6.07) is 5.44. The van der Waals surface area contributed by atoms with Crippen LogP contribution in [0.25, 0.3) is 0 Å². The molecule has 148 valence electrons. The molecule has 2 rings (SSSR count). The molecule has 2 amide bonds. The van der Waals surface area contributed by atoms with E-state index in [-0.39, 0.29) is 6.61 Å². The fourth-order valence-corrected chi connectivity index (χ4v) is 2.82. The molecule has 1 aromatic rings. The molecular formula is C21H25N3O4. The van der Waals surface area contributed by atoms with E-state index in [0.29, 0.717) is 23.0 Å². The van der Waals surface area contributed by atoms with Gasteiger partial charge in [0.25, 0.3) is 11.8 Å². The Morgan fingerprint density at radius 3 is 2.43 bits per heavy atom. The first-order valence-corrected chi connectivity index (χ1v) is 9.00. The third-order valence-electron chi connectivity index (χ3n) is 4.58. The summed E-state index contributed by atoms with van der Waals surface area (Å²) in [7, 11) is 0. The first-order valence-electron chi connectivity index (χ1n) is 9.00. The fraction of sp³-hybridized carbons (Fsp3) is 0.429. The average molecular weight is 383 g/mol. The number of rotatable bonds is 5. The van der Waals surface area contributed by atoms with Crippen LogP contribution in [-0.4, -0.2) is 40.3 Å². The van der Waals surface area contributed by atoms with Crippen molar-refractivity contribution in [3.63, 3.8) is 0 Å². The van der Waals surface area contributed by atoms with Crippen molar-refractivity contribution in [1.82, 2.24) is 10.8 Å². The number of benzene rings is 1. The van der Waals surface area contributed by atoms with Gasteiger partial charge in [-0.05, 0) is 68.7 Å². The Kier molecular flexibility index (Phi) is 7.19. The van der Waals surface area contributed by atoms with Gasteiger partial charge in [0.2, 0.25) is 0 Å². The fourth-order valence-electron chi connectivity index (χ4n) is 2.82. The number of nitrogens with one attached hydrogen (secondary N) is 2. The van der Waals surface area contributed by atoms with E-state index in [2.05, 4.69) is 29.0 Å². The van der Waals surface area contributed by atoms with Gasteiger partial charge in [-0.15, -0.1) is 0 Å². The van der Waals surface area contributed by atoms with Crippen LogP contribution in [-0.2, 0) is 4.79 Å². The molecule has 7 heteroatoms. The average Bonchev–Trinajstić information content (AvgIpc) is 2.63. The maximum atomic E-state index is 12.4. The Balaban J connectivity index is 1.97. The smallest absolute Gasteiger partial charge is 0.267 e. The topological polar surface area (TPSA) is 125 Å². The number of aliphatic hydroxyl groups is 1. The highest BCUT2D eigenvalue weighted by Gasteiger charge is 2.33. The minimum absolute atomic E-state index is 0.220. The molecular weight excluding hydrogens is 358 g/mol. The Morgan fingerprint density at radius 2 is 1.89 bits per heavy atom. The first kappa shape index (κ1) is 21.5. The van der Waals surface area contributed by atoms with Crippen LogP contribution in [0.1, 0.15) is 42.6 Å². The third-order valence-corrected chi connectivity index (χ3v) is 4.58. The van der Waals surface area contributed by atoms with Crippen molar-refractivity contribution < 1.29 is 19.9 Å². The number of nitrogens with two attached hydrogens (primary N) is 1. The lowest BCUT2D eigenvalue weighted by molar-refractivity contribution is -0.132. The monoisotopic (exact) mass is 383 g/mol. The predicted molar refractivity (Wildman–Crippen MR) is 104 cm³/mol. The molecule has 0 aliphatic heterocycles. The van der Waals surface area contributed by atoms with Crippen LogP contribution < -0.4 is 16.5 Å². The minimum atomic E-state index is -1.10. The van der Waals surface area contributed by atoms with Crippen LogP contribution in [0.4, 0.5) is 0 Å². The van der Waals surface area contributed by atoms with Crippen molar-refractivity contribution in [2.45, 2.75) is 38.3 Å². The van der Waals surface area contributed by atoms with Crippen molar-refractivity contribution in [2.24, 2.45) is 17.6 Å². The van der Waals surface area contributed by atoms with Crippen molar-refractivity contribution >= 4 is 11.8 Å². The van der Waals surface area contributed by atoms with Gasteiger partial charge in [-0.1, -0.05) is 11.8 Å². The van der Waals surface area contributed by atoms with Crippen molar-refractivity contribution in [1.29, 1.82) is 0 Å². The molecule has 0 heterocycles. The van der Waals surface area contributed by atoms with Crippen molar-refractivity contribution in [3.05, 3.63) is 35.4 Å². The summed E-state index contributed by atoms with van der Waals surface area (Å²) < 4.78 is 0. The highest BCUT2D eigenvalue weighted by atomic mass is 16.5. The number of hydrogen-bond acceptors (Lipinski definition) is 5. The lowest BCUT2D eigenvalue weighted by Crippen LogP contribution is -2.61. The van der Waals surface area contributed by atoms with E-state index >= 15 is 0 Å². The molecule has 1 atom stereocenters. The second-order valence-electron chi connectivity index (χ2n) is 7.52. The third kappa shape index (κ3) is 5.83. The van der Waals surface area contributed by atoms with Gasteiger partial charge in [0, 0.05) is 29.2 Å². The Bertz CT molecular complexity index is 829. The first-order chi connectivity index (χ1) is 13.2. The van der Waals surface area contributed by atoms with Gasteiger partial charge < -0.3 is 16.2 Å². The summed E-state index contributed by atoms with van der Waals surface area (Å²) >= 11 is 0. The molecule has 0 saturated heterocycles. The normalized spacial score (nSPS) is 19.0. The van der Waals surface area contributed by atoms with E-state index in [1.165, 1.54) is 5.48 Å². The largest absolute Gasteiger partial charge is 0.396 e. The van der Waals surface area contributed by atoms with E-state index in [1.807, 2.05) is 0 Å². The van der Waals surface area contributed by atoms with Gasteiger partial charge in [-0.25, -0.2) is 5.48 Å². The molecule has 1 aromatic carbocycles. The second-order valence-corrected chi connectivity index (χ2v) is 7.52. The van der Waals surface area contributed by atoms with E-state index in [9.17, 15) is 9.59 Å². The predicted octanol–water partition coefficient (Wildman–Crippen LogP) is 0.401. The maximum absolute atomic E-state index is 12.4. The Labute approximate surface area is 164 Å². The van der Waals surface area contributed by atoms with Gasteiger partial charge in [0.05, 0.1) is 0 Å².